The molecule has 3 heterocycles. The zero-order valence-electron chi connectivity index (χ0n) is 15.8. The van der Waals surface area contributed by atoms with Crippen LogP contribution < -0.4 is 5.73 Å². The van der Waals surface area contributed by atoms with Crippen molar-refractivity contribution in [1.82, 2.24) is 19.5 Å². The maximum atomic E-state index is 13.0. The van der Waals surface area contributed by atoms with E-state index in [1.54, 1.807) is 18.2 Å². The Morgan fingerprint density at radius 3 is 2.59 bits per heavy atom. The molecule has 8 nitrogen and oxygen atoms in total. The Balaban J connectivity index is 1.65. The molecule has 13 heteroatoms. The molecule has 3 N–H and O–H groups in total. The molecule has 0 unspecified atom stereocenters. The van der Waals surface area contributed by atoms with Gasteiger partial charge in [-0.15, -0.1) is 0 Å². The summed E-state index contributed by atoms with van der Waals surface area (Å²) < 4.78 is 45.3. The van der Waals surface area contributed by atoms with Gasteiger partial charge < -0.3 is 19.8 Å². The van der Waals surface area contributed by atoms with Gasteiger partial charge in [0.15, 0.2) is 5.65 Å². The summed E-state index contributed by atoms with van der Waals surface area (Å²) in [7, 11) is 0. The summed E-state index contributed by atoms with van der Waals surface area (Å²) in [5.41, 5.74) is 5.81. The van der Waals surface area contributed by atoms with E-state index in [9.17, 15) is 18.0 Å². The largest absolute Gasteiger partial charge is 0.480 e. The van der Waals surface area contributed by atoms with Gasteiger partial charge in [-0.2, -0.15) is 18.2 Å². The lowest BCUT2D eigenvalue weighted by atomic mass is 10.0. The smallest absolute Gasteiger partial charge is 0.417 e. The van der Waals surface area contributed by atoms with Crippen molar-refractivity contribution in [2.24, 2.45) is 5.73 Å². The maximum Gasteiger partial charge on any atom is 0.417 e. The van der Waals surface area contributed by atoms with Gasteiger partial charge in [0.1, 0.15) is 11.7 Å². The Morgan fingerprint density at radius 1 is 1.19 bits per heavy atom. The molecule has 0 aliphatic heterocycles. The first-order valence-electron chi connectivity index (χ1n) is 8.89. The molecule has 4 aromatic rings. The van der Waals surface area contributed by atoms with Crippen LogP contribution in [0.2, 0.25) is 10.0 Å². The van der Waals surface area contributed by atoms with E-state index in [1.807, 2.05) is 0 Å². The van der Waals surface area contributed by atoms with Crippen LogP contribution >= 0.6 is 23.2 Å². The van der Waals surface area contributed by atoms with E-state index in [2.05, 4.69) is 15.1 Å². The van der Waals surface area contributed by atoms with Gasteiger partial charge in [0.05, 0.1) is 15.6 Å². The quantitative estimate of drug-likeness (QED) is 0.431. The van der Waals surface area contributed by atoms with Crippen LogP contribution in [0.25, 0.3) is 28.6 Å². The molecule has 0 aliphatic carbocycles. The van der Waals surface area contributed by atoms with Crippen LogP contribution in [0.15, 0.2) is 41.2 Å². The number of carboxylic acid groups (broad SMARTS) is 1. The lowest BCUT2D eigenvalue weighted by Gasteiger charge is -2.08. The molecule has 0 spiro atoms. The van der Waals surface area contributed by atoms with Gasteiger partial charge in [-0.1, -0.05) is 34.4 Å². The zero-order chi connectivity index (χ0) is 23.2. The Bertz CT molecular complexity index is 1340. The number of imidazole rings is 1. The van der Waals surface area contributed by atoms with Crippen LogP contribution in [0.3, 0.4) is 0 Å². The summed E-state index contributed by atoms with van der Waals surface area (Å²) in [6.45, 7) is 0. The van der Waals surface area contributed by atoms with Crippen LogP contribution in [-0.4, -0.2) is 36.6 Å². The van der Waals surface area contributed by atoms with E-state index < -0.39 is 23.8 Å². The standard InChI is InChI=1S/C19H12Cl2F3N5O3/c20-11-3-8(4-13(25)18(30)31)1-2-10(11)15-27-17(32-28-15)14-7-29-6-9(19(22,23)24)5-12(21)16(29)26-14/h1-3,5-7,13H,4,25H2,(H,30,31)/t13-/m0/s1. The van der Waals surface area contributed by atoms with E-state index in [0.29, 0.717) is 11.1 Å². The van der Waals surface area contributed by atoms with E-state index in [1.165, 1.54) is 6.20 Å². The second-order valence-electron chi connectivity index (χ2n) is 6.82. The number of nitrogens with zero attached hydrogens (tertiary/aromatic N) is 4. The predicted octanol–water partition coefficient (Wildman–Crippen LogP) is 4.33. The van der Waals surface area contributed by atoms with Crippen molar-refractivity contribution in [2.45, 2.75) is 18.6 Å². The fourth-order valence-electron chi connectivity index (χ4n) is 2.96. The van der Waals surface area contributed by atoms with E-state index in [-0.39, 0.29) is 39.5 Å². The zero-order valence-corrected chi connectivity index (χ0v) is 17.3. The van der Waals surface area contributed by atoms with Crippen molar-refractivity contribution in [3.05, 3.63) is 57.8 Å². The molecule has 1 aromatic carbocycles. The SMILES string of the molecule is N[C@@H](Cc1ccc(-c2noc(-c3cn4cc(C(F)(F)F)cc(Cl)c4n3)n2)c(Cl)c1)C(=O)O. The molecule has 0 radical (unpaired) electrons. The number of aliphatic carboxylic acids is 1. The fraction of sp³-hybridized carbons (Fsp3) is 0.158. The van der Waals surface area contributed by atoms with Gasteiger partial charge in [0.25, 0.3) is 5.89 Å². The average molecular weight is 486 g/mol. The minimum Gasteiger partial charge on any atom is -0.480 e. The van der Waals surface area contributed by atoms with Crippen LogP contribution in [0.1, 0.15) is 11.1 Å². The highest BCUT2D eigenvalue weighted by molar-refractivity contribution is 6.33. The molecule has 0 fully saturated rings. The third-order valence-electron chi connectivity index (χ3n) is 4.53. The number of rotatable bonds is 5. The Hall–Kier alpha value is -3.15. The second kappa shape index (κ2) is 8.08. The van der Waals surface area contributed by atoms with Gasteiger partial charge in [-0.3, -0.25) is 4.79 Å². The van der Waals surface area contributed by atoms with Gasteiger partial charge in [-0.05, 0) is 30.2 Å². The molecule has 4 rings (SSSR count). The summed E-state index contributed by atoms with van der Waals surface area (Å²) in [6.07, 6.45) is -2.36. The number of alkyl halides is 3. The molecular weight excluding hydrogens is 474 g/mol. The Labute approximate surface area is 187 Å². The molecule has 0 saturated heterocycles. The van der Waals surface area contributed by atoms with Crippen molar-refractivity contribution < 1.29 is 27.6 Å². The molecule has 32 heavy (non-hydrogen) atoms. The highest BCUT2D eigenvalue weighted by Gasteiger charge is 2.32. The van der Waals surface area contributed by atoms with Crippen molar-refractivity contribution in [2.75, 3.05) is 0 Å². The molecule has 166 valence electrons. The van der Waals surface area contributed by atoms with Gasteiger partial charge >= 0.3 is 12.1 Å². The van der Waals surface area contributed by atoms with Gasteiger partial charge in [-0.25, -0.2) is 4.98 Å². The third kappa shape index (κ3) is 4.27. The normalized spacial score (nSPS) is 12.9. The number of nitrogens with two attached hydrogens (primary N) is 1. The summed E-state index contributed by atoms with van der Waals surface area (Å²) >= 11 is 12.2. The Kier molecular flexibility index (Phi) is 5.57. The molecule has 0 amide bonds. The monoisotopic (exact) mass is 485 g/mol. The third-order valence-corrected chi connectivity index (χ3v) is 5.12. The number of halogens is 5. The first kappa shape index (κ1) is 22.1. The number of fused-ring (bicyclic) bond motifs is 1. The molecule has 1 atom stereocenters. The van der Waals surface area contributed by atoms with Crippen molar-refractivity contribution in [3.8, 4) is 23.0 Å². The number of carbonyl (C=O) groups is 1. The van der Waals surface area contributed by atoms with E-state index in [0.717, 1.165) is 16.7 Å². The summed E-state index contributed by atoms with van der Waals surface area (Å²) in [5, 5.41) is 12.8. The topological polar surface area (TPSA) is 120 Å². The summed E-state index contributed by atoms with van der Waals surface area (Å²) in [5.74, 6) is -1.08. The van der Waals surface area contributed by atoms with Crippen molar-refractivity contribution in [1.29, 1.82) is 0 Å². The van der Waals surface area contributed by atoms with Crippen molar-refractivity contribution >= 4 is 34.8 Å². The van der Waals surface area contributed by atoms with Gasteiger partial charge in [0, 0.05) is 18.0 Å². The molecule has 0 bridgehead atoms. The summed E-state index contributed by atoms with van der Waals surface area (Å²) in [4.78, 5) is 19.3. The van der Waals surface area contributed by atoms with Crippen LogP contribution in [0.4, 0.5) is 13.2 Å². The fourth-order valence-corrected chi connectivity index (χ4v) is 3.51. The number of carboxylic acids is 1. The minimum absolute atomic E-state index is 0.0543. The summed E-state index contributed by atoms with van der Waals surface area (Å²) in [6, 6.07) is 4.46. The lowest BCUT2D eigenvalue weighted by molar-refractivity contribution is -0.139. The minimum atomic E-state index is -4.57. The lowest BCUT2D eigenvalue weighted by Crippen LogP contribution is -2.32. The molecule has 3 aromatic heterocycles. The first-order chi connectivity index (χ1) is 15.0. The highest BCUT2D eigenvalue weighted by Crippen LogP contribution is 2.34. The molecule has 0 aliphatic rings. The first-order valence-corrected chi connectivity index (χ1v) is 9.65. The Morgan fingerprint density at radius 2 is 1.94 bits per heavy atom. The van der Waals surface area contributed by atoms with Gasteiger partial charge in [0.2, 0.25) is 5.82 Å². The predicted molar refractivity (Wildman–Crippen MR) is 108 cm³/mol. The highest BCUT2D eigenvalue weighted by atomic mass is 35.5. The van der Waals surface area contributed by atoms with E-state index in [4.69, 9.17) is 38.6 Å². The van der Waals surface area contributed by atoms with Crippen LogP contribution in [0.5, 0.6) is 0 Å². The second-order valence-corrected chi connectivity index (χ2v) is 7.63. The number of hydrogen-bond donors (Lipinski definition) is 2. The number of aromatic nitrogens is 4. The number of pyridine rings is 1. The van der Waals surface area contributed by atoms with Crippen LogP contribution in [-0.2, 0) is 17.4 Å². The average Bonchev–Trinajstić information content (AvgIpc) is 3.34. The number of benzene rings is 1. The van der Waals surface area contributed by atoms with Crippen molar-refractivity contribution in [3.63, 3.8) is 0 Å². The van der Waals surface area contributed by atoms with E-state index >= 15 is 0 Å². The maximum absolute atomic E-state index is 13.0. The molecular formula is C19H12Cl2F3N5O3. The van der Waals surface area contributed by atoms with Crippen LogP contribution in [0, 0.1) is 0 Å². The molecule has 0 saturated carbocycles. The number of hydrogen-bond acceptors (Lipinski definition) is 6.